The minimum absolute atomic E-state index is 0.0160. The monoisotopic (exact) mass is 1220 g/mol. The van der Waals surface area contributed by atoms with Crippen molar-refractivity contribution < 1.29 is 28.5 Å². The minimum Gasteiger partial charge on any atom is -0.488 e. The zero-order chi connectivity index (χ0) is 64.0. The molecule has 0 N–H and O–H groups in total. The summed E-state index contributed by atoms with van der Waals surface area (Å²) in [4.78, 5) is 29.9. The highest BCUT2D eigenvalue weighted by Gasteiger charge is 2.51. The Morgan fingerprint density at radius 2 is 0.692 bits per heavy atom. The lowest BCUT2D eigenvalue weighted by Crippen LogP contribution is -2.54. The van der Waals surface area contributed by atoms with Crippen LogP contribution in [0.25, 0.3) is 11.1 Å². The maximum absolute atomic E-state index is 14.1. The van der Waals surface area contributed by atoms with Gasteiger partial charge in [0.15, 0.2) is 11.6 Å². The number of ether oxygens (including phenoxy) is 4. The van der Waals surface area contributed by atoms with E-state index in [2.05, 4.69) is 203 Å². The predicted molar refractivity (Wildman–Crippen MR) is 373 cm³/mol. The summed E-state index contributed by atoms with van der Waals surface area (Å²) in [7, 11) is 0. The van der Waals surface area contributed by atoms with E-state index in [4.69, 9.17) is 18.9 Å². The van der Waals surface area contributed by atoms with Crippen molar-refractivity contribution in [3.63, 3.8) is 0 Å². The molecule has 0 saturated carbocycles. The molecule has 0 atom stereocenters. The Kier molecular flexibility index (Phi) is 18.8. The highest BCUT2D eigenvalue weighted by Crippen LogP contribution is 2.57. The van der Waals surface area contributed by atoms with Crippen LogP contribution in [0.4, 0.5) is 0 Å². The number of hydrogen-bond acceptors (Lipinski definition) is 7. The second kappa shape index (κ2) is 26.9. The first-order valence-electron chi connectivity index (χ1n) is 32.6. The lowest BCUT2D eigenvalue weighted by atomic mass is 9.61. The van der Waals surface area contributed by atoms with Crippen LogP contribution in [0.3, 0.4) is 0 Å². The zero-order valence-electron chi connectivity index (χ0n) is 54.4. The van der Waals surface area contributed by atoms with Crippen molar-refractivity contribution in [2.24, 2.45) is 0 Å². The number of benzene rings is 10. The third-order valence-electron chi connectivity index (χ3n) is 20.0. The third kappa shape index (κ3) is 12.5. The topological polar surface area (TPSA) is 71.1 Å². The average molecular weight is 1220 g/mol. The molecule has 0 radical (unpaired) electrons. The first-order valence-corrected chi connectivity index (χ1v) is 33.4. The molecule has 0 saturated heterocycles. The van der Waals surface area contributed by atoms with E-state index in [9.17, 15) is 9.59 Å². The highest BCUT2D eigenvalue weighted by atomic mass is 32.2. The Morgan fingerprint density at radius 1 is 0.352 bits per heavy atom. The van der Waals surface area contributed by atoms with Gasteiger partial charge in [-0.25, -0.2) is 0 Å². The van der Waals surface area contributed by atoms with E-state index in [0.717, 1.165) is 88.7 Å². The van der Waals surface area contributed by atoms with Gasteiger partial charge in [0, 0.05) is 37.5 Å². The van der Waals surface area contributed by atoms with E-state index >= 15 is 0 Å². The summed E-state index contributed by atoms with van der Waals surface area (Å²) in [6.07, 6.45) is 6.17. The Hall–Kier alpha value is -8.91. The fraction of sp³-hybridized carbons (Fsp3) is 0.262. The van der Waals surface area contributed by atoms with Gasteiger partial charge in [0.25, 0.3) is 0 Å². The molecule has 6 nitrogen and oxygen atoms in total. The van der Waals surface area contributed by atoms with Crippen LogP contribution in [-0.2, 0) is 16.2 Å². The number of carbonyl (C=O) groups is 2. The summed E-state index contributed by atoms with van der Waals surface area (Å²) in [5.74, 6) is 4.36. The van der Waals surface area contributed by atoms with Crippen molar-refractivity contribution in [2.75, 3.05) is 0 Å². The van der Waals surface area contributed by atoms with Gasteiger partial charge in [0.05, 0.1) is 5.41 Å². The number of carbonyl (C=O) groups excluding carboxylic acids is 2. The van der Waals surface area contributed by atoms with Crippen LogP contribution in [0, 0.1) is 0 Å². The van der Waals surface area contributed by atoms with Gasteiger partial charge < -0.3 is 18.9 Å². The van der Waals surface area contributed by atoms with Gasteiger partial charge in [-0.3, -0.25) is 9.59 Å². The van der Waals surface area contributed by atoms with Crippen molar-refractivity contribution in [3.05, 3.63) is 298 Å². The van der Waals surface area contributed by atoms with Gasteiger partial charge in [0.1, 0.15) is 45.7 Å². The molecule has 10 aromatic rings. The summed E-state index contributed by atoms with van der Waals surface area (Å²) in [6, 6.07) is 82.3. The number of hydrogen-bond donors (Lipinski definition) is 0. The summed E-state index contributed by atoms with van der Waals surface area (Å²) in [5, 5.41) is 0. The molecular weight excluding hydrogens is 1140 g/mol. The molecule has 0 amide bonds. The van der Waals surface area contributed by atoms with Crippen LogP contribution in [0.5, 0.6) is 34.5 Å². The second-order valence-electron chi connectivity index (χ2n) is 25.1. The lowest BCUT2D eigenvalue weighted by molar-refractivity contribution is -0.0283. The minimum atomic E-state index is -0.640. The third-order valence-corrected chi connectivity index (χ3v) is 21.0. The molecule has 11 rings (SSSR count). The number of fused-ring (bicyclic) bond motifs is 3. The Balaban J connectivity index is 0.785. The standard InChI is InChI=1S/C84H84O6S/c1-11-80(8,9)62-34-26-58(27-35-62)78(85)60-30-42-66(43-31-60)87-68-46-38-64(39-47-68)84(76-24-20-18-22-74(76)75-23-19-21-25-77(75)84)65-40-48-71(49-41-65)90-83(16-6,17-7)82(14-4,15-5)63-36-28-59(29-37-63)79(86)61-32-44-67(45-33-61)88-69-50-54-72(55-51-69)91-73-56-52-70(53-57-73)89-81(10,12-2)13-3/h18-57H,11-17H2,1-10H3. The molecule has 0 aliphatic heterocycles. The quantitative estimate of drug-likeness (QED) is 0.0500. The molecule has 0 unspecified atom stereocenters. The Morgan fingerprint density at radius 3 is 1.08 bits per heavy atom. The SMILES string of the molecule is CCC(C)(CC)Oc1ccc(Sc2ccc(Oc3ccc(C(=O)c4ccc(C(CC)(CC)C(CC)(CC)Oc5ccc(C6(c7ccc(Oc8ccc(C(=O)c9ccc(C(C)(C)CC)cc9)cc8)cc7)c7ccccc7-c7ccccc76)cc5)cc4)cc3)cc2)cc1. The van der Waals surface area contributed by atoms with Gasteiger partial charge >= 0.3 is 0 Å². The summed E-state index contributed by atoms with van der Waals surface area (Å²) >= 11 is 1.69. The van der Waals surface area contributed by atoms with Gasteiger partial charge in [0.2, 0.25) is 0 Å². The van der Waals surface area contributed by atoms with E-state index in [1.165, 1.54) is 27.8 Å². The Labute approximate surface area is 544 Å². The first-order chi connectivity index (χ1) is 44.1. The summed E-state index contributed by atoms with van der Waals surface area (Å²) < 4.78 is 26.5. The molecule has 1 aliphatic rings. The van der Waals surface area contributed by atoms with Crippen LogP contribution in [-0.4, -0.2) is 22.8 Å². The van der Waals surface area contributed by atoms with Gasteiger partial charge in [-0.15, -0.1) is 0 Å². The molecule has 462 valence electrons. The van der Waals surface area contributed by atoms with Crippen LogP contribution < -0.4 is 18.9 Å². The fourth-order valence-corrected chi connectivity index (χ4v) is 14.5. The highest BCUT2D eigenvalue weighted by molar-refractivity contribution is 7.99. The van der Waals surface area contributed by atoms with E-state index in [1.54, 1.807) is 11.8 Å². The van der Waals surface area contributed by atoms with Crippen molar-refractivity contribution in [3.8, 4) is 45.6 Å². The maximum atomic E-state index is 14.1. The van der Waals surface area contributed by atoms with Crippen molar-refractivity contribution in [2.45, 2.75) is 151 Å². The van der Waals surface area contributed by atoms with Crippen molar-refractivity contribution >= 4 is 23.3 Å². The van der Waals surface area contributed by atoms with Gasteiger partial charge in [-0.1, -0.05) is 195 Å². The predicted octanol–water partition coefficient (Wildman–Crippen LogP) is 22.6. The Bertz CT molecular complexity index is 4050. The molecule has 10 aromatic carbocycles. The molecule has 0 bridgehead atoms. The van der Waals surface area contributed by atoms with Crippen LogP contribution in [0.1, 0.15) is 179 Å². The van der Waals surface area contributed by atoms with E-state index in [-0.39, 0.29) is 28.0 Å². The van der Waals surface area contributed by atoms with E-state index in [1.807, 2.05) is 109 Å². The zero-order valence-corrected chi connectivity index (χ0v) is 55.2. The first kappa shape index (κ1) is 63.7. The van der Waals surface area contributed by atoms with E-state index < -0.39 is 11.0 Å². The summed E-state index contributed by atoms with van der Waals surface area (Å²) in [5.41, 5.74) is 10.3. The van der Waals surface area contributed by atoms with Crippen LogP contribution >= 0.6 is 11.8 Å². The smallest absolute Gasteiger partial charge is 0.193 e. The molecule has 1 aliphatic carbocycles. The van der Waals surface area contributed by atoms with E-state index in [0.29, 0.717) is 39.5 Å². The number of rotatable bonds is 26. The molecule has 0 heterocycles. The molecule has 91 heavy (non-hydrogen) atoms. The average Bonchev–Trinajstić information content (AvgIpc) is 1.59. The normalized spacial score (nSPS) is 12.8. The molecule has 0 spiro atoms. The largest absolute Gasteiger partial charge is 0.488 e. The second-order valence-corrected chi connectivity index (χ2v) is 26.2. The van der Waals surface area contributed by atoms with Crippen molar-refractivity contribution in [1.29, 1.82) is 0 Å². The molecule has 0 aromatic heterocycles. The number of ketones is 2. The fourth-order valence-electron chi connectivity index (χ4n) is 13.7. The molecular formula is C84H84O6S. The molecule has 7 heteroatoms. The van der Waals surface area contributed by atoms with Crippen LogP contribution in [0.2, 0.25) is 0 Å². The van der Waals surface area contributed by atoms with Gasteiger partial charge in [-0.2, -0.15) is 0 Å². The molecule has 0 fully saturated rings. The summed E-state index contributed by atoms with van der Waals surface area (Å²) in [6.45, 7) is 22.1. The maximum Gasteiger partial charge on any atom is 0.193 e. The van der Waals surface area contributed by atoms with Crippen molar-refractivity contribution in [1.82, 2.24) is 0 Å². The lowest BCUT2D eigenvalue weighted by Gasteiger charge is -2.50. The van der Waals surface area contributed by atoms with Gasteiger partial charge in [-0.05, 0) is 223 Å². The van der Waals surface area contributed by atoms with Crippen LogP contribution in [0.15, 0.2) is 252 Å².